The van der Waals surface area contributed by atoms with Gasteiger partial charge in [-0.2, -0.15) is 0 Å². The number of hydrogen-bond donors (Lipinski definition) is 2. The lowest BCUT2D eigenvalue weighted by atomic mass is 10.2. The predicted octanol–water partition coefficient (Wildman–Crippen LogP) is 2.24. The van der Waals surface area contributed by atoms with Crippen molar-refractivity contribution < 1.29 is 9.53 Å². The fourth-order valence-corrected chi connectivity index (χ4v) is 2.60. The lowest BCUT2D eigenvalue weighted by molar-refractivity contribution is -0.120. The van der Waals surface area contributed by atoms with Gasteiger partial charge in [0.15, 0.2) is 0 Å². The average molecular weight is 290 g/mol. The summed E-state index contributed by atoms with van der Waals surface area (Å²) in [6, 6.07) is 10.7. The monoisotopic (exact) mass is 290 g/mol. The van der Waals surface area contributed by atoms with Crippen LogP contribution in [0.5, 0.6) is 0 Å². The molecule has 116 valence electrons. The summed E-state index contributed by atoms with van der Waals surface area (Å²) >= 11 is 0. The van der Waals surface area contributed by atoms with E-state index < -0.39 is 0 Å². The second-order valence-electron chi connectivity index (χ2n) is 5.60. The first-order valence-electron chi connectivity index (χ1n) is 7.96. The zero-order valence-electron chi connectivity index (χ0n) is 12.6. The minimum atomic E-state index is 0.0879. The number of benzene rings is 1. The molecule has 1 aromatic rings. The summed E-state index contributed by atoms with van der Waals surface area (Å²) in [6.07, 6.45) is 5.85. The summed E-state index contributed by atoms with van der Waals surface area (Å²) in [7, 11) is 0. The van der Waals surface area contributed by atoms with Gasteiger partial charge in [-0.25, -0.2) is 0 Å². The van der Waals surface area contributed by atoms with E-state index in [0.717, 1.165) is 6.42 Å². The van der Waals surface area contributed by atoms with Gasteiger partial charge in [-0.3, -0.25) is 4.79 Å². The molecule has 0 spiro atoms. The third kappa shape index (κ3) is 6.74. The Morgan fingerprint density at radius 1 is 1.19 bits per heavy atom. The van der Waals surface area contributed by atoms with Crippen molar-refractivity contribution in [2.75, 3.05) is 19.7 Å². The largest absolute Gasteiger partial charge is 0.377 e. The molecule has 0 atom stereocenters. The molecule has 4 nitrogen and oxygen atoms in total. The van der Waals surface area contributed by atoms with Crippen molar-refractivity contribution in [3.63, 3.8) is 0 Å². The Bertz CT molecular complexity index is 403. The smallest absolute Gasteiger partial charge is 0.233 e. The molecule has 0 radical (unpaired) electrons. The molecule has 1 aromatic carbocycles. The van der Waals surface area contributed by atoms with Gasteiger partial charge in [-0.15, -0.1) is 0 Å². The molecule has 2 N–H and O–H groups in total. The molecule has 1 aliphatic rings. The van der Waals surface area contributed by atoms with Gasteiger partial charge >= 0.3 is 0 Å². The minimum absolute atomic E-state index is 0.0879. The first-order valence-corrected chi connectivity index (χ1v) is 7.96. The maximum Gasteiger partial charge on any atom is 0.233 e. The highest BCUT2D eigenvalue weighted by Crippen LogP contribution is 2.17. The van der Waals surface area contributed by atoms with Gasteiger partial charge in [-0.1, -0.05) is 43.2 Å². The summed E-state index contributed by atoms with van der Waals surface area (Å²) in [4.78, 5) is 11.6. The summed E-state index contributed by atoms with van der Waals surface area (Å²) in [6.45, 7) is 2.43. The summed E-state index contributed by atoms with van der Waals surface area (Å²) in [5.74, 6) is 0.0879. The highest BCUT2D eigenvalue weighted by molar-refractivity contribution is 5.77. The summed E-state index contributed by atoms with van der Waals surface area (Å²) in [5, 5.41) is 6.24. The van der Waals surface area contributed by atoms with Crippen LogP contribution in [0.3, 0.4) is 0 Å². The van der Waals surface area contributed by atoms with Gasteiger partial charge in [-0.05, 0) is 24.8 Å². The van der Waals surface area contributed by atoms with Gasteiger partial charge in [0.25, 0.3) is 0 Å². The van der Waals surface area contributed by atoms with Gasteiger partial charge < -0.3 is 15.4 Å². The molecule has 1 fully saturated rings. The van der Waals surface area contributed by atoms with Gasteiger partial charge in [0.2, 0.25) is 5.91 Å². The summed E-state index contributed by atoms with van der Waals surface area (Å²) in [5.41, 5.74) is 1.18. The normalized spacial score (nSPS) is 15.2. The van der Waals surface area contributed by atoms with Crippen LogP contribution in [0.15, 0.2) is 30.3 Å². The molecular formula is C17H26N2O2. The molecule has 0 aromatic heterocycles. The third-order valence-electron chi connectivity index (χ3n) is 3.81. The van der Waals surface area contributed by atoms with E-state index in [0.29, 0.717) is 32.3 Å². The first kappa shape index (κ1) is 16.0. The van der Waals surface area contributed by atoms with E-state index in [2.05, 4.69) is 22.8 Å². The van der Waals surface area contributed by atoms with Crippen LogP contribution in [0.4, 0.5) is 0 Å². The maximum absolute atomic E-state index is 11.6. The maximum atomic E-state index is 11.6. The van der Waals surface area contributed by atoms with Crippen LogP contribution in [0.2, 0.25) is 0 Å². The van der Waals surface area contributed by atoms with Crippen LogP contribution in [0.25, 0.3) is 0 Å². The number of hydrogen-bond acceptors (Lipinski definition) is 3. The second kappa shape index (κ2) is 9.53. The molecule has 2 rings (SSSR count). The van der Waals surface area contributed by atoms with Crippen LogP contribution in [0, 0.1) is 0 Å². The second-order valence-corrected chi connectivity index (χ2v) is 5.60. The minimum Gasteiger partial charge on any atom is -0.377 e. The molecule has 1 amide bonds. The van der Waals surface area contributed by atoms with Crippen molar-refractivity contribution in [3.05, 3.63) is 35.9 Å². The Kier molecular flexibility index (Phi) is 7.25. The SMILES string of the molecule is O=C(CNC1CCCC1)NCCCOCc1ccccc1. The molecular weight excluding hydrogens is 264 g/mol. The molecule has 0 heterocycles. The van der Waals surface area contributed by atoms with E-state index in [-0.39, 0.29) is 5.91 Å². The Morgan fingerprint density at radius 2 is 1.95 bits per heavy atom. The topological polar surface area (TPSA) is 50.4 Å². The molecule has 4 heteroatoms. The highest BCUT2D eigenvalue weighted by atomic mass is 16.5. The number of rotatable bonds is 9. The van der Waals surface area contributed by atoms with Gasteiger partial charge in [0.05, 0.1) is 13.2 Å². The first-order chi connectivity index (χ1) is 10.3. The highest BCUT2D eigenvalue weighted by Gasteiger charge is 2.14. The standard InChI is InChI=1S/C17H26N2O2/c20-17(13-19-16-9-4-5-10-16)18-11-6-12-21-14-15-7-2-1-3-8-15/h1-3,7-8,16,19H,4-6,9-14H2,(H,18,20). The average Bonchev–Trinajstić information content (AvgIpc) is 3.03. The van der Waals surface area contributed by atoms with Crippen LogP contribution < -0.4 is 10.6 Å². The number of ether oxygens (including phenoxy) is 1. The van der Waals surface area contributed by atoms with E-state index in [1.807, 2.05) is 18.2 Å². The summed E-state index contributed by atoms with van der Waals surface area (Å²) < 4.78 is 5.58. The van der Waals surface area contributed by atoms with Crippen LogP contribution in [0.1, 0.15) is 37.7 Å². The number of nitrogens with one attached hydrogen (secondary N) is 2. The molecule has 1 aliphatic carbocycles. The molecule has 0 saturated heterocycles. The molecule has 0 bridgehead atoms. The van der Waals surface area contributed by atoms with E-state index in [9.17, 15) is 4.79 Å². The zero-order valence-corrected chi connectivity index (χ0v) is 12.6. The van der Waals surface area contributed by atoms with E-state index in [1.54, 1.807) is 0 Å². The van der Waals surface area contributed by atoms with Crippen molar-refractivity contribution in [2.24, 2.45) is 0 Å². The Labute approximate surface area is 127 Å². The number of amides is 1. The molecule has 0 aliphatic heterocycles. The third-order valence-corrected chi connectivity index (χ3v) is 3.81. The molecule has 0 unspecified atom stereocenters. The van der Waals surface area contributed by atoms with E-state index in [4.69, 9.17) is 4.74 Å². The van der Waals surface area contributed by atoms with Gasteiger partial charge in [0, 0.05) is 19.2 Å². The number of carbonyl (C=O) groups is 1. The lowest BCUT2D eigenvalue weighted by Crippen LogP contribution is -2.38. The molecule has 21 heavy (non-hydrogen) atoms. The Balaban J connectivity index is 1.43. The van der Waals surface area contributed by atoms with Crippen LogP contribution in [-0.2, 0) is 16.1 Å². The van der Waals surface area contributed by atoms with Crippen LogP contribution in [-0.4, -0.2) is 31.6 Å². The van der Waals surface area contributed by atoms with Crippen molar-refractivity contribution >= 4 is 5.91 Å². The fraction of sp³-hybridized carbons (Fsp3) is 0.588. The van der Waals surface area contributed by atoms with E-state index >= 15 is 0 Å². The van der Waals surface area contributed by atoms with E-state index in [1.165, 1.54) is 31.2 Å². The van der Waals surface area contributed by atoms with Crippen molar-refractivity contribution in [2.45, 2.75) is 44.8 Å². The Hall–Kier alpha value is -1.39. The fourth-order valence-electron chi connectivity index (χ4n) is 2.60. The van der Waals surface area contributed by atoms with Crippen LogP contribution >= 0.6 is 0 Å². The Morgan fingerprint density at radius 3 is 2.71 bits per heavy atom. The predicted molar refractivity (Wildman–Crippen MR) is 84.0 cm³/mol. The lowest BCUT2D eigenvalue weighted by Gasteiger charge is -2.11. The zero-order chi connectivity index (χ0) is 14.8. The molecule has 1 saturated carbocycles. The van der Waals surface area contributed by atoms with Crippen molar-refractivity contribution in [3.8, 4) is 0 Å². The quantitative estimate of drug-likeness (QED) is 0.686. The van der Waals surface area contributed by atoms with Crippen molar-refractivity contribution in [1.82, 2.24) is 10.6 Å². The van der Waals surface area contributed by atoms with Gasteiger partial charge in [0.1, 0.15) is 0 Å². The van der Waals surface area contributed by atoms with Crippen molar-refractivity contribution in [1.29, 1.82) is 0 Å². The number of carbonyl (C=O) groups excluding carboxylic acids is 1.